The smallest absolute Gasteiger partial charge is 0.324 e. The lowest BCUT2D eigenvalue weighted by atomic mass is 10.1. The molecule has 0 unspecified atom stereocenters. The third kappa shape index (κ3) is 2.47. The molecule has 9 heteroatoms. The number of nitrogens with one attached hydrogen (secondary N) is 1. The molecule has 26 heavy (non-hydrogen) atoms. The Bertz CT molecular complexity index is 1060. The molecule has 3 aromatic rings. The molecule has 2 amide bonds. The predicted octanol–water partition coefficient (Wildman–Crippen LogP) is 1.40. The summed E-state index contributed by atoms with van der Waals surface area (Å²) >= 11 is 0. The minimum absolute atomic E-state index is 0.108. The zero-order valence-corrected chi connectivity index (χ0v) is 13.0. The molecule has 0 aliphatic carbocycles. The molecule has 0 radical (unpaired) electrons. The van der Waals surface area contributed by atoms with Crippen molar-refractivity contribution in [3.63, 3.8) is 0 Å². The van der Waals surface area contributed by atoms with Gasteiger partial charge in [-0.3, -0.25) is 19.1 Å². The maximum Gasteiger partial charge on any atom is 0.439 e. The second-order valence-electron chi connectivity index (χ2n) is 5.35. The monoisotopic (exact) mass is 351 g/mol. The summed E-state index contributed by atoms with van der Waals surface area (Å²) in [6, 6.07) is 12.0. The SMILES string of the molecule is O=C(ON1C(=O)c2ccccc2C1=O)c1ccc(-c2noc(=O)[nH]2)cc1. The topological polar surface area (TPSA) is 123 Å². The average Bonchev–Trinajstić information content (AvgIpc) is 3.20. The van der Waals surface area contributed by atoms with E-state index in [1.54, 1.807) is 12.1 Å². The number of hydrogen-bond acceptors (Lipinski definition) is 7. The number of carbonyl (C=O) groups excluding carboxylic acids is 3. The number of carbonyl (C=O) groups is 3. The van der Waals surface area contributed by atoms with Crippen molar-refractivity contribution in [1.82, 2.24) is 15.2 Å². The Morgan fingerprint density at radius 2 is 1.58 bits per heavy atom. The Labute approximate surface area is 144 Å². The van der Waals surface area contributed by atoms with Crippen molar-refractivity contribution in [2.45, 2.75) is 0 Å². The summed E-state index contributed by atoms with van der Waals surface area (Å²) in [5.41, 5.74) is 0.968. The molecule has 1 aromatic heterocycles. The van der Waals surface area contributed by atoms with Gasteiger partial charge in [0.2, 0.25) is 0 Å². The molecule has 0 saturated heterocycles. The number of fused-ring (bicyclic) bond motifs is 1. The van der Waals surface area contributed by atoms with Crippen molar-refractivity contribution < 1.29 is 23.7 Å². The molecule has 9 nitrogen and oxygen atoms in total. The molecule has 0 spiro atoms. The molecule has 2 aromatic carbocycles. The van der Waals surface area contributed by atoms with Gasteiger partial charge in [-0.05, 0) is 24.3 Å². The van der Waals surface area contributed by atoms with Crippen LogP contribution in [-0.2, 0) is 4.84 Å². The van der Waals surface area contributed by atoms with Gasteiger partial charge in [0.1, 0.15) is 0 Å². The van der Waals surface area contributed by atoms with Crippen LogP contribution in [0.4, 0.5) is 0 Å². The van der Waals surface area contributed by atoms with Gasteiger partial charge >= 0.3 is 11.7 Å². The molecule has 1 aliphatic heterocycles. The average molecular weight is 351 g/mol. The van der Waals surface area contributed by atoms with Gasteiger partial charge in [0.05, 0.1) is 16.7 Å². The van der Waals surface area contributed by atoms with Crippen molar-refractivity contribution >= 4 is 17.8 Å². The van der Waals surface area contributed by atoms with Crippen LogP contribution in [0.5, 0.6) is 0 Å². The van der Waals surface area contributed by atoms with Crippen LogP contribution in [-0.4, -0.2) is 33.0 Å². The number of hydrogen-bond donors (Lipinski definition) is 1. The number of H-pyrrole nitrogens is 1. The molecule has 0 fully saturated rings. The van der Waals surface area contributed by atoms with Crippen LogP contribution >= 0.6 is 0 Å². The summed E-state index contributed by atoms with van der Waals surface area (Å²) in [6.07, 6.45) is 0. The standard InChI is InChI=1S/C17H9N3O6/c21-14-11-3-1-2-4-12(11)15(22)20(14)26-16(23)10-7-5-9(6-8-10)13-18-17(24)25-19-13/h1-8H,(H,18,19,24). The van der Waals surface area contributed by atoms with E-state index in [0.717, 1.165) is 0 Å². The van der Waals surface area contributed by atoms with E-state index in [2.05, 4.69) is 14.7 Å². The lowest BCUT2D eigenvalue weighted by molar-refractivity contribution is -0.0584. The number of rotatable bonds is 3. The third-order valence-corrected chi connectivity index (χ3v) is 3.77. The first kappa shape index (κ1) is 15.5. The summed E-state index contributed by atoms with van der Waals surface area (Å²) in [4.78, 5) is 54.9. The van der Waals surface area contributed by atoms with Crippen molar-refractivity contribution in [1.29, 1.82) is 0 Å². The van der Waals surface area contributed by atoms with Crippen LogP contribution in [0.3, 0.4) is 0 Å². The highest BCUT2D eigenvalue weighted by Gasteiger charge is 2.38. The van der Waals surface area contributed by atoms with Gasteiger partial charge in [0, 0.05) is 5.56 Å². The van der Waals surface area contributed by atoms with E-state index in [1.807, 2.05) is 0 Å². The fraction of sp³-hybridized carbons (Fsp3) is 0. The number of aromatic amines is 1. The zero-order valence-electron chi connectivity index (χ0n) is 13.0. The summed E-state index contributed by atoms with van der Waals surface area (Å²) in [7, 11) is 0. The lowest BCUT2D eigenvalue weighted by Gasteiger charge is -2.12. The number of aromatic nitrogens is 2. The Kier molecular flexibility index (Phi) is 3.47. The molecule has 0 saturated carbocycles. The van der Waals surface area contributed by atoms with E-state index in [0.29, 0.717) is 10.6 Å². The maximum absolute atomic E-state index is 12.2. The van der Waals surface area contributed by atoms with Crippen molar-refractivity contribution in [2.75, 3.05) is 0 Å². The Hall–Kier alpha value is -4.01. The van der Waals surface area contributed by atoms with Crippen LogP contribution in [0.1, 0.15) is 31.1 Å². The Morgan fingerprint density at radius 3 is 2.12 bits per heavy atom. The number of hydroxylamine groups is 2. The number of nitrogens with zero attached hydrogens (tertiary/aromatic N) is 2. The molecule has 128 valence electrons. The number of benzene rings is 2. The van der Waals surface area contributed by atoms with E-state index < -0.39 is 23.5 Å². The molecule has 4 rings (SSSR count). The van der Waals surface area contributed by atoms with E-state index in [1.165, 1.54) is 36.4 Å². The van der Waals surface area contributed by atoms with Crippen molar-refractivity contribution in [3.05, 3.63) is 75.8 Å². The highest BCUT2D eigenvalue weighted by atomic mass is 16.7. The summed E-state index contributed by atoms with van der Waals surface area (Å²) in [5, 5.41) is 3.97. The van der Waals surface area contributed by atoms with Crippen molar-refractivity contribution in [2.24, 2.45) is 0 Å². The highest BCUT2D eigenvalue weighted by Crippen LogP contribution is 2.23. The zero-order chi connectivity index (χ0) is 18.3. The van der Waals surface area contributed by atoms with E-state index >= 15 is 0 Å². The Balaban J connectivity index is 1.53. The van der Waals surface area contributed by atoms with Gasteiger partial charge in [0.25, 0.3) is 11.8 Å². The second-order valence-corrected chi connectivity index (χ2v) is 5.35. The summed E-state index contributed by atoms with van der Waals surface area (Å²) in [6.45, 7) is 0. The Morgan fingerprint density at radius 1 is 0.962 bits per heavy atom. The van der Waals surface area contributed by atoms with Crippen LogP contribution in [0.25, 0.3) is 11.4 Å². The van der Waals surface area contributed by atoms with Crippen LogP contribution < -0.4 is 5.76 Å². The summed E-state index contributed by atoms with van der Waals surface area (Å²) in [5.74, 6) is -2.77. The first-order valence-electron chi connectivity index (χ1n) is 7.41. The van der Waals surface area contributed by atoms with Gasteiger partial charge < -0.3 is 4.84 Å². The first-order valence-corrected chi connectivity index (χ1v) is 7.41. The van der Waals surface area contributed by atoms with Crippen LogP contribution in [0.2, 0.25) is 0 Å². The molecular weight excluding hydrogens is 342 g/mol. The largest absolute Gasteiger partial charge is 0.439 e. The van der Waals surface area contributed by atoms with Gasteiger partial charge in [-0.2, -0.15) is 0 Å². The van der Waals surface area contributed by atoms with Gasteiger partial charge in [-0.1, -0.05) is 34.5 Å². The van der Waals surface area contributed by atoms with Gasteiger partial charge in [-0.25, -0.2) is 9.59 Å². The molecule has 0 atom stereocenters. The molecule has 1 N–H and O–H groups in total. The fourth-order valence-electron chi connectivity index (χ4n) is 2.50. The quantitative estimate of drug-likeness (QED) is 0.708. The van der Waals surface area contributed by atoms with E-state index in [9.17, 15) is 19.2 Å². The molecule has 1 aliphatic rings. The fourth-order valence-corrected chi connectivity index (χ4v) is 2.50. The molecule has 2 heterocycles. The van der Waals surface area contributed by atoms with Crippen LogP contribution in [0, 0.1) is 0 Å². The normalized spacial score (nSPS) is 13.0. The van der Waals surface area contributed by atoms with Gasteiger partial charge in [0.15, 0.2) is 5.82 Å². The second kappa shape index (κ2) is 5.81. The minimum atomic E-state index is -0.875. The number of imide groups is 1. The van der Waals surface area contributed by atoms with Crippen molar-refractivity contribution in [3.8, 4) is 11.4 Å². The molecule has 0 bridgehead atoms. The van der Waals surface area contributed by atoms with Crippen LogP contribution in [0.15, 0.2) is 57.8 Å². The highest BCUT2D eigenvalue weighted by molar-refractivity contribution is 6.21. The first-order chi connectivity index (χ1) is 12.5. The third-order valence-electron chi connectivity index (χ3n) is 3.77. The summed E-state index contributed by atoms with van der Waals surface area (Å²) < 4.78 is 4.41. The van der Waals surface area contributed by atoms with E-state index in [4.69, 9.17) is 4.84 Å². The maximum atomic E-state index is 12.2. The predicted molar refractivity (Wildman–Crippen MR) is 84.9 cm³/mol. The van der Waals surface area contributed by atoms with Gasteiger partial charge in [-0.15, -0.1) is 0 Å². The van der Waals surface area contributed by atoms with E-state index in [-0.39, 0.29) is 22.5 Å². The molecular formula is C17H9N3O6. The number of amides is 2. The lowest BCUT2D eigenvalue weighted by Crippen LogP contribution is -2.32. The minimum Gasteiger partial charge on any atom is -0.324 e.